The molecule has 0 saturated carbocycles. The Labute approximate surface area is 98.1 Å². The molecule has 2 aromatic rings. The van der Waals surface area contributed by atoms with Gasteiger partial charge >= 0.3 is 0 Å². The number of hydrogen-bond acceptors (Lipinski definition) is 2. The molecule has 0 aliphatic heterocycles. The lowest BCUT2D eigenvalue weighted by molar-refractivity contribution is 0.107. The molecule has 0 atom stereocenters. The van der Waals surface area contributed by atoms with Gasteiger partial charge in [-0.1, -0.05) is 42.5 Å². The number of benzene rings is 2. The SMILES string of the molecule is O=C(Cl)c1cccc(-c2ccccc2)c1O. The number of hydrogen-bond donors (Lipinski definition) is 1. The van der Waals surface area contributed by atoms with E-state index in [1.165, 1.54) is 6.07 Å². The molecule has 0 saturated heterocycles. The summed E-state index contributed by atoms with van der Waals surface area (Å²) in [4.78, 5) is 11.1. The molecule has 2 nitrogen and oxygen atoms in total. The summed E-state index contributed by atoms with van der Waals surface area (Å²) in [5.74, 6) is -0.0753. The lowest BCUT2D eigenvalue weighted by Gasteiger charge is -2.06. The van der Waals surface area contributed by atoms with Crippen molar-refractivity contribution in [1.82, 2.24) is 0 Å². The number of phenolic OH excluding ortho intramolecular Hbond substituents is 1. The number of rotatable bonds is 2. The van der Waals surface area contributed by atoms with Crippen LogP contribution in [0.2, 0.25) is 0 Å². The number of aromatic hydroxyl groups is 1. The highest BCUT2D eigenvalue weighted by atomic mass is 35.5. The molecule has 2 aromatic carbocycles. The van der Waals surface area contributed by atoms with Gasteiger partial charge in [0, 0.05) is 5.56 Å². The van der Waals surface area contributed by atoms with Crippen molar-refractivity contribution in [3.05, 3.63) is 54.1 Å². The number of phenols is 1. The maximum absolute atomic E-state index is 11.1. The molecular formula is C13H9ClO2. The second kappa shape index (κ2) is 4.37. The fourth-order valence-electron chi connectivity index (χ4n) is 1.55. The Bertz CT molecular complexity index is 521. The lowest BCUT2D eigenvalue weighted by Crippen LogP contribution is -1.91. The van der Waals surface area contributed by atoms with Crippen LogP contribution in [0.4, 0.5) is 0 Å². The van der Waals surface area contributed by atoms with E-state index in [0.29, 0.717) is 5.56 Å². The summed E-state index contributed by atoms with van der Waals surface area (Å²) in [6.07, 6.45) is 0. The van der Waals surface area contributed by atoms with Gasteiger partial charge in [0.25, 0.3) is 5.24 Å². The molecule has 2 rings (SSSR count). The van der Waals surface area contributed by atoms with E-state index >= 15 is 0 Å². The van der Waals surface area contributed by atoms with Gasteiger partial charge < -0.3 is 5.11 Å². The highest BCUT2D eigenvalue weighted by Gasteiger charge is 2.12. The zero-order chi connectivity index (χ0) is 11.5. The van der Waals surface area contributed by atoms with Crippen LogP contribution in [0.15, 0.2) is 48.5 Å². The topological polar surface area (TPSA) is 37.3 Å². The number of carbonyl (C=O) groups excluding carboxylic acids is 1. The first kappa shape index (κ1) is 10.7. The highest BCUT2D eigenvalue weighted by molar-refractivity contribution is 6.68. The zero-order valence-corrected chi connectivity index (χ0v) is 9.11. The van der Waals surface area contributed by atoms with E-state index < -0.39 is 5.24 Å². The predicted octanol–water partition coefficient (Wildman–Crippen LogP) is 3.44. The van der Waals surface area contributed by atoms with Gasteiger partial charge in [0.05, 0.1) is 5.56 Å². The van der Waals surface area contributed by atoms with Crippen molar-refractivity contribution in [2.75, 3.05) is 0 Å². The van der Waals surface area contributed by atoms with Gasteiger partial charge in [-0.3, -0.25) is 4.79 Å². The van der Waals surface area contributed by atoms with Crippen LogP contribution in [0, 0.1) is 0 Å². The third kappa shape index (κ3) is 1.92. The first-order valence-corrected chi connectivity index (χ1v) is 5.15. The lowest BCUT2D eigenvalue weighted by atomic mass is 10.0. The molecule has 0 bridgehead atoms. The second-order valence-electron chi connectivity index (χ2n) is 3.34. The quantitative estimate of drug-likeness (QED) is 0.806. The molecule has 16 heavy (non-hydrogen) atoms. The Kier molecular flexibility index (Phi) is 2.93. The van der Waals surface area contributed by atoms with Crippen molar-refractivity contribution in [1.29, 1.82) is 0 Å². The Morgan fingerprint density at radius 1 is 1.00 bits per heavy atom. The highest BCUT2D eigenvalue weighted by Crippen LogP contribution is 2.32. The van der Waals surface area contributed by atoms with Crippen LogP contribution >= 0.6 is 11.6 Å². The molecule has 0 heterocycles. The maximum Gasteiger partial charge on any atom is 0.256 e. The van der Waals surface area contributed by atoms with Crippen molar-refractivity contribution in [3.8, 4) is 16.9 Å². The standard InChI is InChI=1S/C13H9ClO2/c14-13(16)11-8-4-7-10(12(11)15)9-5-2-1-3-6-9/h1-8,15H. The van der Waals surface area contributed by atoms with Gasteiger partial charge in [0.15, 0.2) is 0 Å². The minimum absolute atomic E-state index is 0.0753. The van der Waals surface area contributed by atoms with Crippen molar-refractivity contribution in [2.45, 2.75) is 0 Å². The molecule has 0 aliphatic rings. The molecule has 0 fully saturated rings. The van der Waals surface area contributed by atoms with E-state index in [9.17, 15) is 9.90 Å². The van der Waals surface area contributed by atoms with Crippen LogP contribution in [0.5, 0.6) is 5.75 Å². The largest absolute Gasteiger partial charge is 0.506 e. The average Bonchev–Trinajstić information content (AvgIpc) is 2.30. The Morgan fingerprint density at radius 3 is 2.31 bits per heavy atom. The van der Waals surface area contributed by atoms with Gasteiger partial charge in [-0.25, -0.2) is 0 Å². The molecule has 0 unspecified atom stereocenters. The number of halogens is 1. The van der Waals surface area contributed by atoms with E-state index in [0.717, 1.165) is 5.56 Å². The van der Waals surface area contributed by atoms with E-state index in [1.54, 1.807) is 12.1 Å². The maximum atomic E-state index is 11.1. The summed E-state index contributed by atoms with van der Waals surface area (Å²) < 4.78 is 0. The Morgan fingerprint density at radius 2 is 1.69 bits per heavy atom. The fraction of sp³-hybridized carbons (Fsp3) is 0. The zero-order valence-electron chi connectivity index (χ0n) is 8.35. The minimum atomic E-state index is -0.657. The molecule has 0 aliphatic carbocycles. The normalized spacial score (nSPS) is 10.1. The van der Waals surface area contributed by atoms with E-state index in [-0.39, 0.29) is 11.3 Å². The number of carbonyl (C=O) groups is 1. The van der Waals surface area contributed by atoms with Crippen LogP contribution < -0.4 is 0 Å². The van der Waals surface area contributed by atoms with Crippen LogP contribution in [-0.2, 0) is 0 Å². The van der Waals surface area contributed by atoms with Crippen LogP contribution in [0.25, 0.3) is 11.1 Å². The van der Waals surface area contributed by atoms with Crippen LogP contribution in [-0.4, -0.2) is 10.3 Å². The molecule has 3 heteroatoms. The minimum Gasteiger partial charge on any atom is -0.506 e. The third-order valence-electron chi connectivity index (χ3n) is 2.33. The first-order valence-electron chi connectivity index (χ1n) is 4.77. The van der Waals surface area contributed by atoms with Gasteiger partial charge in [-0.15, -0.1) is 0 Å². The molecule has 0 amide bonds. The van der Waals surface area contributed by atoms with Crippen molar-refractivity contribution in [3.63, 3.8) is 0 Å². The van der Waals surface area contributed by atoms with E-state index in [4.69, 9.17) is 11.6 Å². The van der Waals surface area contributed by atoms with Crippen LogP contribution in [0.1, 0.15) is 10.4 Å². The van der Waals surface area contributed by atoms with Gasteiger partial charge in [0.1, 0.15) is 5.75 Å². The predicted molar refractivity (Wildman–Crippen MR) is 63.7 cm³/mol. The first-order chi connectivity index (χ1) is 7.70. The Balaban J connectivity index is 2.59. The van der Waals surface area contributed by atoms with Gasteiger partial charge in [-0.05, 0) is 23.2 Å². The average molecular weight is 233 g/mol. The molecule has 0 spiro atoms. The van der Waals surface area contributed by atoms with Crippen molar-refractivity contribution < 1.29 is 9.90 Å². The van der Waals surface area contributed by atoms with Crippen molar-refractivity contribution in [2.24, 2.45) is 0 Å². The molecular weight excluding hydrogens is 224 g/mol. The smallest absolute Gasteiger partial charge is 0.256 e. The third-order valence-corrected chi connectivity index (χ3v) is 2.54. The summed E-state index contributed by atoms with van der Waals surface area (Å²) in [5.41, 5.74) is 1.58. The summed E-state index contributed by atoms with van der Waals surface area (Å²) >= 11 is 5.37. The molecule has 1 N–H and O–H groups in total. The summed E-state index contributed by atoms with van der Waals surface area (Å²) in [6, 6.07) is 14.3. The summed E-state index contributed by atoms with van der Waals surface area (Å²) in [7, 11) is 0. The summed E-state index contributed by atoms with van der Waals surface area (Å²) in [6.45, 7) is 0. The Hall–Kier alpha value is -1.80. The second-order valence-corrected chi connectivity index (χ2v) is 3.68. The fourth-order valence-corrected chi connectivity index (χ4v) is 1.71. The molecule has 0 radical (unpaired) electrons. The number of para-hydroxylation sites is 1. The summed E-state index contributed by atoms with van der Waals surface area (Å²) in [5, 5.41) is 9.25. The van der Waals surface area contributed by atoms with E-state index in [2.05, 4.69) is 0 Å². The van der Waals surface area contributed by atoms with E-state index in [1.807, 2.05) is 30.3 Å². The monoisotopic (exact) mass is 232 g/mol. The van der Waals surface area contributed by atoms with Gasteiger partial charge in [-0.2, -0.15) is 0 Å². The van der Waals surface area contributed by atoms with Gasteiger partial charge in [0.2, 0.25) is 0 Å². The van der Waals surface area contributed by atoms with Crippen molar-refractivity contribution >= 4 is 16.8 Å². The molecule has 0 aromatic heterocycles. The van der Waals surface area contributed by atoms with Crippen LogP contribution in [0.3, 0.4) is 0 Å². The molecule has 80 valence electrons.